The first-order chi connectivity index (χ1) is 10.6. The summed E-state index contributed by atoms with van der Waals surface area (Å²) >= 11 is 0. The number of ether oxygens (including phenoxy) is 1. The first-order valence-corrected chi connectivity index (χ1v) is 7.90. The van der Waals surface area contributed by atoms with E-state index in [1.54, 1.807) is 17.0 Å². The fourth-order valence-electron chi connectivity index (χ4n) is 2.87. The highest BCUT2D eigenvalue weighted by molar-refractivity contribution is 5.85. The smallest absolute Gasteiger partial charge is 0.222 e. The van der Waals surface area contributed by atoms with Gasteiger partial charge in [0.15, 0.2) is 11.5 Å². The van der Waals surface area contributed by atoms with Crippen LogP contribution < -0.4 is 10.1 Å². The first kappa shape index (κ1) is 19.6. The van der Waals surface area contributed by atoms with Crippen LogP contribution in [0.2, 0.25) is 0 Å². The Labute approximate surface area is 144 Å². The Hall–Kier alpha value is -1.46. The van der Waals surface area contributed by atoms with Gasteiger partial charge in [0.2, 0.25) is 5.91 Å². The zero-order valence-electron chi connectivity index (χ0n) is 13.9. The predicted octanol–water partition coefficient (Wildman–Crippen LogP) is 2.56. The summed E-state index contributed by atoms with van der Waals surface area (Å²) in [7, 11) is 3.34. The number of amides is 1. The molecule has 1 saturated heterocycles. The number of methoxy groups -OCH3 is 1. The second-order valence-electron chi connectivity index (χ2n) is 5.99. The first-order valence-electron chi connectivity index (χ1n) is 7.90. The summed E-state index contributed by atoms with van der Waals surface area (Å²) in [5.41, 5.74) is 0.951. The molecule has 0 spiro atoms. The molecule has 1 aliphatic rings. The van der Waals surface area contributed by atoms with Crippen molar-refractivity contribution >= 4 is 18.3 Å². The largest absolute Gasteiger partial charge is 0.504 e. The molecule has 0 bridgehead atoms. The van der Waals surface area contributed by atoms with E-state index in [4.69, 9.17) is 4.74 Å². The number of piperidine rings is 1. The Morgan fingerprint density at radius 2 is 2.09 bits per heavy atom. The number of hydrogen-bond donors (Lipinski definition) is 2. The van der Waals surface area contributed by atoms with Crippen molar-refractivity contribution in [2.75, 3.05) is 27.2 Å². The van der Waals surface area contributed by atoms with E-state index in [1.807, 2.05) is 13.1 Å². The van der Waals surface area contributed by atoms with Crippen LogP contribution in [0.25, 0.3) is 0 Å². The lowest BCUT2D eigenvalue weighted by Gasteiger charge is -2.23. The van der Waals surface area contributed by atoms with E-state index < -0.39 is 0 Å². The minimum absolute atomic E-state index is 0. The number of phenols is 1. The molecular weight excluding hydrogens is 316 g/mol. The Kier molecular flexibility index (Phi) is 8.20. The van der Waals surface area contributed by atoms with Crippen molar-refractivity contribution in [3.05, 3.63) is 23.8 Å². The van der Waals surface area contributed by atoms with Gasteiger partial charge in [0.25, 0.3) is 0 Å². The monoisotopic (exact) mass is 342 g/mol. The number of hydrogen-bond acceptors (Lipinski definition) is 4. The second kappa shape index (κ2) is 9.63. The maximum atomic E-state index is 12.2. The number of halogens is 1. The molecule has 0 aromatic heterocycles. The van der Waals surface area contributed by atoms with Gasteiger partial charge in [0, 0.05) is 20.0 Å². The van der Waals surface area contributed by atoms with E-state index in [-0.39, 0.29) is 24.1 Å². The van der Waals surface area contributed by atoms with Gasteiger partial charge in [-0.15, -0.1) is 12.4 Å². The highest BCUT2D eigenvalue weighted by Gasteiger charge is 2.16. The summed E-state index contributed by atoms with van der Waals surface area (Å²) in [6.45, 7) is 2.67. The van der Waals surface area contributed by atoms with Crippen LogP contribution in [0, 0.1) is 5.92 Å². The van der Waals surface area contributed by atoms with Crippen molar-refractivity contribution in [1.82, 2.24) is 10.2 Å². The quantitative estimate of drug-likeness (QED) is 0.834. The minimum atomic E-state index is 0. The molecule has 1 aromatic rings. The van der Waals surface area contributed by atoms with Crippen LogP contribution in [-0.2, 0) is 11.3 Å². The second-order valence-corrected chi connectivity index (χ2v) is 5.99. The van der Waals surface area contributed by atoms with E-state index in [0.29, 0.717) is 24.6 Å². The van der Waals surface area contributed by atoms with Gasteiger partial charge in [-0.25, -0.2) is 0 Å². The molecule has 0 aliphatic carbocycles. The van der Waals surface area contributed by atoms with Gasteiger partial charge in [0.05, 0.1) is 7.11 Å². The fourth-order valence-corrected chi connectivity index (χ4v) is 2.87. The summed E-state index contributed by atoms with van der Waals surface area (Å²) in [6, 6.07) is 5.18. The van der Waals surface area contributed by atoms with Crippen LogP contribution in [0.15, 0.2) is 18.2 Å². The van der Waals surface area contributed by atoms with Crippen LogP contribution in [0.4, 0.5) is 0 Å². The predicted molar refractivity (Wildman–Crippen MR) is 93.2 cm³/mol. The van der Waals surface area contributed by atoms with Crippen molar-refractivity contribution in [1.29, 1.82) is 0 Å². The minimum Gasteiger partial charge on any atom is -0.504 e. The van der Waals surface area contributed by atoms with Crippen LogP contribution in [0.5, 0.6) is 11.5 Å². The summed E-state index contributed by atoms with van der Waals surface area (Å²) in [5, 5.41) is 12.9. The van der Waals surface area contributed by atoms with Gasteiger partial charge < -0.3 is 20.1 Å². The number of carbonyl (C=O) groups excluding carboxylic acids is 1. The van der Waals surface area contributed by atoms with Crippen LogP contribution in [0.3, 0.4) is 0 Å². The molecule has 0 radical (unpaired) electrons. The molecule has 2 rings (SSSR count). The molecule has 23 heavy (non-hydrogen) atoms. The van der Waals surface area contributed by atoms with Crippen molar-refractivity contribution in [3.63, 3.8) is 0 Å². The molecular formula is C17H27ClN2O3. The maximum Gasteiger partial charge on any atom is 0.222 e. The molecule has 1 aromatic carbocycles. The molecule has 0 saturated carbocycles. The van der Waals surface area contributed by atoms with Crippen molar-refractivity contribution in [2.24, 2.45) is 5.92 Å². The lowest BCUT2D eigenvalue weighted by Crippen LogP contribution is -2.30. The molecule has 1 amide bonds. The third-order valence-electron chi connectivity index (χ3n) is 4.31. The van der Waals surface area contributed by atoms with E-state index >= 15 is 0 Å². The maximum absolute atomic E-state index is 12.2. The zero-order valence-corrected chi connectivity index (χ0v) is 14.7. The Morgan fingerprint density at radius 3 is 2.74 bits per heavy atom. The van der Waals surface area contributed by atoms with Crippen LogP contribution >= 0.6 is 12.4 Å². The average molecular weight is 343 g/mol. The summed E-state index contributed by atoms with van der Waals surface area (Å²) in [5.74, 6) is 1.40. The van der Waals surface area contributed by atoms with Gasteiger partial charge in [-0.3, -0.25) is 4.79 Å². The van der Waals surface area contributed by atoms with Gasteiger partial charge in [0.1, 0.15) is 0 Å². The Balaban J connectivity index is 0.00000264. The average Bonchev–Trinajstić information content (AvgIpc) is 2.55. The van der Waals surface area contributed by atoms with Crippen molar-refractivity contribution in [3.8, 4) is 11.5 Å². The molecule has 1 aliphatic heterocycles. The molecule has 1 fully saturated rings. The summed E-state index contributed by atoms with van der Waals surface area (Å²) < 4.78 is 5.10. The highest BCUT2D eigenvalue weighted by atomic mass is 35.5. The molecule has 0 atom stereocenters. The Morgan fingerprint density at radius 1 is 1.39 bits per heavy atom. The molecule has 130 valence electrons. The lowest BCUT2D eigenvalue weighted by atomic mass is 9.93. The van der Waals surface area contributed by atoms with Crippen LogP contribution in [-0.4, -0.2) is 43.2 Å². The topological polar surface area (TPSA) is 61.8 Å². The van der Waals surface area contributed by atoms with Gasteiger partial charge in [-0.05, 0) is 56.0 Å². The SMILES string of the molecule is COc1cc(CN(C)C(=O)CCC2CCNCC2)ccc1O.Cl. The van der Waals surface area contributed by atoms with E-state index in [0.717, 1.165) is 25.1 Å². The molecule has 1 heterocycles. The number of nitrogens with zero attached hydrogens (tertiary/aromatic N) is 1. The van der Waals surface area contributed by atoms with E-state index in [1.165, 1.54) is 20.0 Å². The normalized spacial score (nSPS) is 14.9. The van der Waals surface area contributed by atoms with Crippen molar-refractivity contribution in [2.45, 2.75) is 32.2 Å². The summed E-state index contributed by atoms with van der Waals surface area (Å²) in [6.07, 6.45) is 3.93. The number of benzene rings is 1. The van der Waals surface area contributed by atoms with E-state index in [2.05, 4.69) is 5.32 Å². The molecule has 6 heteroatoms. The third-order valence-corrected chi connectivity index (χ3v) is 4.31. The standard InChI is InChI=1S/C17H26N2O3.ClH/c1-19(12-14-3-5-15(20)16(11-14)22-2)17(21)6-4-13-7-9-18-10-8-13;/h3,5,11,13,18,20H,4,6-10,12H2,1-2H3;1H. The lowest BCUT2D eigenvalue weighted by molar-refractivity contribution is -0.130. The summed E-state index contributed by atoms with van der Waals surface area (Å²) in [4.78, 5) is 14.0. The number of carbonyl (C=O) groups is 1. The van der Waals surface area contributed by atoms with Gasteiger partial charge in [-0.2, -0.15) is 0 Å². The van der Waals surface area contributed by atoms with Gasteiger partial charge in [-0.1, -0.05) is 6.07 Å². The van der Waals surface area contributed by atoms with Crippen LogP contribution in [0.1, 0.15) is 31.2 Å². The third kappa shape index (κ3) is 5.92. The van der Waals surface area contributed by atoms with Gasteiger partial charge >= 0.3 is 0 Å². The number of aromatic hydroxyl groups is 1. The molecule has 0 unspecified atom stereocenters. The molecule has 2 N–H and O–H groups in total. The number of rotatable bonds is 6. The Bertz CT molecular complexity index is 505. The van der Waals surface area contributed by atoms with E-state index in [9.17, 15) is 9.90 Å². The highest BCUT2D eigenvalue weighted by Crippen LogP contribution is 2.27. The van der Waals surface area contributed by atoms with Crippen molar-refractivity contribution < 1.29 is 14.6 Å². The molecule has 5 nitrogen and oxygen atoms in total. The number of phenolic OH excluding ortho intramolecular Hbond substituents is 1. The number of nitrogens with one attached hydrogen (secondary N) is 1. The fraction of sp³-hybridized carbons (Fsp3) is 0.588. The zero-order chi connectivity index (χ0) is 15.9.